The number of aryl methyl sites for hydroxylation is 1. The van der Waals surface area contributed by atoms with Gasteiger partial charge in [0, 0.05) is 31.2 Å². The molecule has 1 aromatic heterocycles. The van der Waals surface area contributed by atoms with Gasteiger partial charge in [-0.2, -0.15) is 4.31 Å². The predicted molar refractivity (Wildman–Crippen MR) is 97.0 cm³/mol. The SMILES string of the molecule is Cc1cnc2c(S(=O)(=O)N3CCC4(CCNC4)C3)cccc2c1.Cl. The van der Waals surface area contributed by atoms with Gasteiger partial charge in [-0.15, -0.1) is 12.4 Å². The first-order valence-corrected chi connectivity index (χ1v) is 9.51. The normalized spacial score (nSPS) is 24.5. The topological polar surface area (TPSA) is 62.3 Å². The van der Waals surface area contributed by atoms with Crippen molar-refractivity contribution in [3.8, 4) is 0 Å². The first-order chi connectivity index (χ1) is 11.0. The van der Waals surface area contributed by atoms with E-state index in [1.54, 1.807) is 22.6 Å². The van der Waals surface area contributed by atoms with Gasteiger partial charge in [0.2, 0.25) is 10.0 Å². The van der Waals surface area contributed by atoms with Crippen molar-refractivity contribution in [3.63, 3.8) is 0 Å². The van der Waals surface area contributed by atoms with E-state index in [2.05, 4.69) is 10.3 Å². The summed E-state index contributed by atoms with van der Waals surface area (Å²) in [5.74, 6) is 0. The molecule has 7 heteroatoms. The average molecular weight is 368 g/mol. The van der Waals surface area contributed by atoms with Crippen LogP contribution in [-0.4, -0.2) is 43.9 Å². The number of hydrogen-bond acceptors (Lipinski definition) is 4. The highest BCUT2D eigenvalue weighted by atomic mass is 35.5. The quantitative estimate of drug-likeness (QED) is 0.885. The molecule has 0 aliphatic carbocycles. The Bertz CT molecular complexity index is 863. The molecule has 4 rings (SSSR count). The molecule has 3 heterocycles. The van der Waals surface area contributed by atoms with Gasteiger partial charge in [-0.1, -0.05) is 12.1 Å². The maximum absolute atomic E-state index is 13.1. The van der Waals surface area contributed by atoms with Crippen LogP contribution in [0, 0.1) is 12.3 Å². The summed E-state index contributed by atoms with van der Waals surface area (Å²) in [6.07, 6.45) is 3.73. The Balaban J connectivity index is 0.00000169. The Hall–Kier alpha value is -1.21. The Labute approximate surface area is 148 Å². The van der Waals surface area contributed by atoms with Gasteiger partial charge in [-0.3, -0.25) is 4.98 Å². The van der Waals surface area contributed by atoms with Crippen molar-refractivity contribution in [2.24, 2.45) is 5.41 Å². The van der Waals surface area contributed by atoms with E-state index in [4.69, 9.17) is 0 Å². The van der Waals surface area contributed by atoms with Crippen LogP contribution in [0.25, 0.3) is 10.9 Å². The van der Waals surface area contributed by atoms with Crippen LogP contribution in [0.5, 0.6) is 0 Å². The number of rotatable bonds is 2. The first kappa shape index (κ1) is 17.6. The molecule has 1 spiro atoms. The van der Waals surface area contributed by atoms with Gasteiger partial charge in [0.05, 0.1) is 5.52 Å². The van der Waals surface area contributed by atoms with Crippen molar-refractivity contribution in [1.82, 2.24) is 14.6 Å². The van der Waals surface area contributed by atoms with E-state index < -0.39 is 10.0 Å². The summed E-state index contributed by atoms with van der Waals surface area (Å²) in [4.78, 5) is 4.72. The summed E-state index contributed by atoms with van der Waals surface area (Å²) >= 11 is 0. The largest absolute Gasteiger partial charge is 0.316 e. The molecule has 1 unspecified atom stereocenters. The maximum Gasteiger partial charge on any atom is 0.245 e. The average Bonchev–Trinajstić information content (AvgIpc) is 3.17. The third kappa shape index (κ3) is 2.81. The van der Waals surface area contributed by atoms with Crippen molar-refractivity contribution in [1.29, 1.82) is 0 Å². The first-order valence-electron chi connectivity index (χ1n) is 8.07. The van der Waals surface area contributed by atoms with Crippen molar-refractivity contribution in [3.05, 3.63) is 36.0 Å². The fourth-order valence-electron chi connectivity index (χ4n) is 3.83. The Morgan fingerprint density at radius 3 is 2.88 bits per heavy atom. The van der Waals surface area contributed by atoms with Crippen LogP contribution in [0.1, 0.15) is 18.4 Å². The van der Waals surface area contributed by atoms with E-state index in [1.807, 2.05) is 19.1 Å². The highest BCUT2D eigenvalue weighted by molar-refractivity contribution is 7.89. The van der Waals surface area contributed by atoms with Gasteiger partial charge >= 0.3 is 0 Å². The molecular formula is C17H22ClN3O2S. The van der Waals surface area contributed by atoms with Gasteiger partial charge in [0.15, 0.2) is 0 Å². The number of nitrogens with one attached hydrogen (secondary N) is 1. The Kier molecular flexibility index (Phi) is 4.59. The second-order valence-corrected chi connectivity index (χ2v) is 8.76. The minimum atomic E-state index is -3.50. The van der Waals surface area contributed by atoms with Gasteiger partial charge < -0.3 is 5.32 Å². The molecule has 1 aromatic carbocycles. The van der Waals surface area contributed by atoms with Crippen LogP contribution in [0.4, 0.5) is 0 Å². The standard InChI is InChI=1S/C17H21N3O2S.ClH/c1-13-9-14-3-2-4-15(16(14)19-10-13)23(21,22)20-8-6-17(12-20)5-7-18-11-17;/h2-4,9-10,18H,5-8,11-12H2,1H3;1H. The molecule has 24 heavy (non-hydrogen) atoms. The number of hydrogen-bond donors (Lipinski definition) is 1. The zero-order chi connectivity index (χ0) is 16.1. The molecule has 2 aliphatic rings. The zero-order valence-electron chi connectivity index (χ0n) is 13.7. The van der Waals surface area contributed by atoms with Crippen LogP contribution in [0.15, 0.2) is 35.4 Å². The van der Waals surface area contributed by atoms with Gasteiger partial charge in [0.1, 0.15) is 4.90 Å². The van der Waals surface area contributed by atoms with Gasteiger partial charge in [-0.25, -0.2) is 8.42 Å². The number of pyridine rings is 1. The zero-order valence-corrected chi connectivity index (χ0v) is 15.3. The van der Waals surface area contributed by atoms with Crippen molar-refractivity contribution in [2.45, 2.75) is 24.7 Å². The monoisotopic (exact) mass is 367 g/mol. The number of benzene rings is 1. The molecule has 0 radical (unpaired) electrons. The van der Waals surface area contributed by atoms with Crippen LogP contribution >= 0.6 is 12.4 Å². The summed E-state index contributed by atoms with van der Waals surface area (Å²) in [6, 6.07) is 7.38. The molecule has 5 nitrogen and oxygen atoms in total. The van der Waals surface area contributed by atoms with Gasteiger partial charge in [-0.05, 0) is 49.4 Å². The molecule has 2 aliphatic heterocycles. The fraction of sp³-hybridized carbons (Fsp3) is 0.471. The summed E-state index contributed by atoms with van der Waals surface area (Å²) in [5.41, 5.74) is 1.73. The molecule has 2 saturated heterocycles. The minimum Gasteiger partial charge on any atom is -0.316 e. The third-order valence-electron chi connectivity index (χ3n) is 5.16. The molecule has 0 bridgehead atoms. The number of halogens is 1. The number of para-hydroxylation sites is 1. The van der Waals surface area contributed by atoms with Crippen LogP contribution in [0.3, 0.4) is 0 Å². The third-order valence-corrected chi connectivity index (χ3v) is 7.04. The minimum absolute atomic E-state index is 0. The summed E-state index contributed by atoms with van der Waals surface area (Å²) in [6.45, 7) is 5.09. The van der Waals surface area contributed by atoms with E-state index in [0.29, 0.717) is 23.5 Å². The number of nitrogens with zero attached hydrogens (tertiary/aromatic N) is 2. The second kappa shape index (κ2) is 6.26. The van der Waals surface area contributed by atoms with E-state index in [1.165, 1.54) is 0 Å². The molecule has 1 atom stereocenters. The van der Waals surface area contributed by atoms with Crippen LogP contribution in [0.2, 0.25) is 0 Å². The molecule has 1 N–H and O–H groups in total. The summed E-state index contributed by atoms with van der Waals surface area (Å²) in [5, 5.41) is 4.25. The Morgan fingerprint density at radius 2 is 2.12 bits per heavy atom. The highest BCUT2D eigenvalue weighted by Crippen LogP contribution is 2.39. The summed E-state index contributed by atoms with van der Waals surface area (Å²) in [7, 11) is -3.50. The maximum atomic E-state index is 13.1. The van der Waals surface area contributed by atoms with E-state index in [0.717, 1.165) is 36.9 Å². The molecular weight excluding hydrogens is 346 g/mol. The smallest absolute Gasteiger partial charge is 0.245 e. The van der Waals surface area contributed by atoms with E-state index in [-0.39, 0.29) is 17.8 Å². The lowest BCUT2D eigenvalue weighted by molar-refractivity contribution is 0.338. The predicted octanol–water partition coefficient (Wildman–Crippen LogP) is 2.34. The highest BCUT2D eigenvalue weighted by Gasteiger charge is 2.44. The van der Waals surface area contributed by atoms with Crippen LogP contribution < -0.4 is 5.32 Å². The molecule has 0 saturated carbocycles. The molecule has 0 amide bonds. The van der Waals surface area contributed by atoms with Crippen molar-refractivity contribution in [2.75, 3.05) is 26.2 Å². The number of aromatic nitrogens is 1. The molecule has 130 valence electrons. The van der Waals surface area contributed by atoms with Crippen molar-refractivity contribution >= 4 is 33.3 Å². The summed E-state index contributed by atoms with van der Waals surface area (Å²) < 4.78 is 27.9. The fourth-order valence-corrected chi connectivity index (χ4v) is 5.55. The lowest BCUT2D eigenvalue weighted by atomic mass is 9.87. The Morgan fingerprint density at radius 1 is 1.29 bits per heavy atom. The van der Waals surface area contributed by atoms with Crippen molar-refractivity contribution < 1.29 is 8.42 Å². The van der Waals surface area contributed by atoms with Gasteiger partial charge in [0.25, 0.3) is 0 Å². The lowest BCUT2D eigenvalue weighted by Crippen LogP contribution is -2.33. The number of fused-ring (bicyclic) bond motifs is 1. The molecule has 2 fully saturated rings. The lowest BCUT2D eigenvalue weighted by Gasteiger charge is -2.23. The number of sulfonamides is 1. The van der Waals surface area contributed by atoms with E-state index in [9.17, 15) is 8.42 Å². The van der Waals surface area contributed by atoms with E-state index >= 15 is 0 Å². The second-order valence-electron chi connectivity index (χ2n) is 6.86. The molecule has 2 aromatic rings. The van der Waals surface area contributed by atoms with Crippen LogP contribution in [-0.2, 0) is 10.0 Å².